The summed E-state index contributed by atoms with van der Waals surface area (Å²) in [6.45, 7) is 6.73. The van der Waals surface area contributed by atoms with Crippen molar-refractivity contribution in [3.8, 4) is 17.1 Å². The van der Waals surface area contributed by atoms with E-state index in [-0.39, 0.29) is 23.7 Å². The molecule has 57 heavy (non-hydrogen) atoms. The van der Waals surface area contributed by atoms with Crippen molar-refractivity contribution in [3.05, 3.63) is 109 Å². The van der Waals surface area contributed by atoms with Gasteiger partial charge in [-0.15, -0.1) is 0 Å². The Balaban J connectivity index is 0.899. The number of carbonyl (C=O) groups excluding carboxylic acids is 3. The highest BCUT2D eigenvalue weighted by Gasteiger charge is 2.41. The van der Waals surface area contributed by atoms with Gasteiger partial charge in [0, 0.05) is 58.6 Å². The molecule has 16 heteroatoms. The van der Waals surface area contributed by atoms with Gasteiger partial charge in [0.15, 0.2) is 23.7 Å². The van der Waals surface area contributed by atoms with Gasteiger partial charge in [0.2, 0.25) is 11.8 Å². The number of hydrogen-bond acceptors (Lipinski definition) is 14. The van der Waals surface area contributed by atoms with E-state index in [1.54, 1.807) is 24.3 Å². The Morgan fingerprint density at radius 3 is 2.47 bits per heavy atom. The second-order valence-corrected chi connectivity index (χ2v) is 14.1. The fourth-order valence-electron chi connectivity index (χ4n) is 7.51. The molecule has 290 valence electrons. The molecule has 2 saturated heterocycles. The molecule has 3 N–H and O–H groups in total. The van der Waals surface area contributed by atoms with Gasteiger partial charge in [0.05, 0.1) is 65.1 Å². The molecule has 15 nitrogen and oxygen atoms in total. The first kappa shape index (κ1) is 37.0. The van der Waals surface area contributed by atoms with Gasteiger partial charge in [-0.3, -0.25) is 24.6 Å². The van der Waals surface area contributed by atoms with Crippen molar-refractivity contribution in [1.82, 2.24) is 30.2 Å². The highest BCUT2D eigenvalue weighted by atomic mass is 19.1. The minimum atomic E-state index is -0.547. The Morgan fingerprint density at radius 1 is 0.982 bits per heavy atom. The van der Waals surface area contributed by atoms with Gasteiger partial charge in [-0.25, -0.2) is 24.3 Å². The Kier molecular flexibility index (Phi) is 9.93. The SMILES string of the molecule is C=C1N(C)c2c(N(C)C3CN(Cc4ccc(Nc5cc(Nc6cccc(-c7ncc(F)cn7)c6OC)c(C=O)cn5)nc4)C3)cccc2N1C1CCC(=O)NC1=O. The van der Waals surface area contributed by atoms with Gasteiger partial charge in [0.25, 0.3) is 0 Å². The number of benzene rings is 2. The van der Waals surface area contributed by atoms with Gasteiger partial charge in [0.1, 0.15) is 23.5 Å². The Labute approximate surface area is 328 Å². The summed E-state index contributed by atoms with van der Waals surface area (Å²) in [5.41, 5.74) is 5.91. The molecule has 0 aliphatic carbocycles. The van der Waals surface area contributed by atoms with Crippen LogP contribution in [0, 0.1) is 5.82 Å². The van der Waals surface area contributed by atoms with Crippen LogP contribution >= 0.6 is 0 Å². The van der Waals surface area contributed by atoms with E-state index in [0.717, 1.165) is 54.7 Å². The number of imide groups is 1. The lowest BCUT2D eigenvalue weighted by Crippen LogP contribution is -2.58. The minimum Gasteiger partial charge on any atom is -0.494 e. The maximum Gasteiger partial charge on any atom is 0.249 e. The van der Waals surface area contributed by atoms with E-state index in [1.165, 1.54) is 13.3 Å². The number of pyridine rings is 2. The summed E-state index contributed by atoms with van der Waals surface area (Å²) >= 11 is 0. The molecule has 1 atom stereocenters. The Bertz CT molecular complexity index is 2370. The number of carbonyl (C=O) groups is 3. The predicted molar refractivity (Wildman–Crippen MR) is 215 cm³/mol. The largest absolute Gasteiger partial charge is 0.494 e. The number of aldehydes is 1. The molecule has 2 aromatic carbocycles. The highest BCUT2D eigenvalue weighted by molar-refractivity contribution is 6.04. The lowest BCUT2D eigenvalue weighted by atomic mass is 10.0. The smallest absolute Gasteiger partial charge is 0.249 e. The summed E-state index contributed by atoms with van der Waals surface area (Å²) in [7, 11) is 5.56. The molecule has 3 aliphatic rings. The number of hydrogen-bond donors (Lipinski definition) is 3. The van der Waals surface area contributed by atoms with Crippen LogP contribution < -0.4 is 35.4 Å². The third kappa shape index (κ3) is 7.17. The molecule has 2 fully saturated rings. The molecule has 5 aromatic rings. The van der Waals surface area contributed by atoms with Gasteiger partial charge in [-0.1, -0.05) is 24.8 Å². The predicted octanol–water partition coefficient (Wildman–Crippen LogP) is 5.23. The summed E-state index contributed by atoms with van der Waals surface area (Å²) in [4.78, 5) is 62.4. The zero-order valence-corrected chi connectivity index (χ0v) is 31.6. The number of methoxy groups -OCH3 is 1. The van der Waals surface area contributed by atoms with E-state index in [0.29, 0.717) is 64.8 Å². The van der Waals surface area contributed by atoms with E-state index in [1.807, 2.05) is 47.3 Å². The number of aromatic nitrogens is 4. The fraction of sp³-hybridized carbons (Fsp3) is 0.244. The number of rotatable bonds is 12. The van der Waals surface area contributed by atoms with Gasteiger partial charge in [-0.2, -0.15) is 0 Å². The van der Waals surface area contributed by atoms with Gasteiger partial charge in [-0.05, 0) is 42.3 Å². The van der Waals surface area contributed by atoms with Gasteiger partial charge < -0.3 is 30.1 Å². The van der Waals surface area contributed by atoms with E-state index < -0.39 is 11.9 Å². The zero-order chi connectivity index (χ0) is 39.8. The van der Waals surface area contributed by atoms with Crippen LogP contribution in [0.3, 0.4) is 0 Å². The Hall–Kier alpha value is -6.94. The van der Waals surface area contributed by atoms with Crippen molar-refractivity contribution >= 4 is 58.2 Å². The monoisotopic (exact) mass is 769 g/mol. The zero-order valence-electron chi connectivity index (χ0n) is 31.6. The molecule has 0 bridgehead atoms. The summed E-state index contributed by atoms with van der Waals surface area (Å²) in [6.07, 6.45) is 6.92. The first-order chi connectivity index (χ1) is 27.6. The normalized spacial score (nSPS) is 16.8. The summed E-state index contributed by atoms with van der Waals surface area (Å²) in [6, 6.07) is 16.8. The van der Waals surface area contributed by atoms with E-state index in [4.69, 9.17) is 4.74 Å². The molecular weight excluding hydrogens is 730 g/mol. The second-order valence-electron chi connectivity index (χ2n) is 14.1. The van der Waals surface area contributed by atoms with Crippen LogP contribution in [0.15, 0.2) is 91.8 Å². The number of halogens is 1. The van der Waals surface area contributed by atoms with Crippen LogP contribution in [0.4, 0.5) is 44.5 Å². The lowest BCUT2D eigenvalue weighted by Gasteiger charge is -2.45. The van der Waals surface area contributed by atoms with Gasteiger partial charge >= 0.3 is 0 Å². The Morgan fingerprint density at radius 2 is 1.75 bits per heavy atom. The number of likely N-dealkylation sites (tertiary alicyclic amines) is 1. The number of ether oxygens (including phenoxy) is 1. The maximum absolute atomic E-state index is 13.5. The van der Waals surface area contributed by atoms with Crippen LogP contribution in [0.25, 0.3) is 11.4 Å². The molecule has 0 saturated carbocycles. The highest BCUT2D eigenvalue weighted by Crippen LogP contribution is 2.48. The number of amides is 2. The maximum atomic E-state index is 13.5. The number of fused-ring (bicyclic) bond motifs is 1. The van der Waals surface area contributed by atoms with E-state index >= 15 is 0 Å². The van der Waals surface area contributed by atoms with Crippen LogP contribution in [0.1, 0.15) is 28.8 Å². The second kappa shape index (κ2) is 15.3. The lowest BCUT2D eigenvalue weighted by molar-refractivity contribution is -0.134. The number of likely N-dealkylation sites (N-methyl/N-ethyl adjacent to an activating group) is 1. The topological polar surface area (TPSA) is 161 Å². The van der Waals surface area contributed by atoms with Crippen molar-refractivity contribution in [2.45, 2.75) is 31.5 Å². The van der Waals surface area contributed by atoms with E-state index in [9.17, 15) is 18.8 Å². The molecule has 3 aromatic heterocycles. The first-order valence-electron chi connectivity index (χ1n) is 18.3. The molecule has 0 radical (unpaired) electrons. The number of nitrogens with zero attached hydrogens (tertiary/aromatic N) is 8. The number of para-hydroxylation sites is 2. The van der Waals surface area contributed by atoms with Crippen molar-refractivity contribution in [2.24, 2.45) is 0 Å². The van der Waals surface area contributed by atoms with Crippen molar-refractivity contribution in [1.29, 1.82) is 0 Å². The standard InChI is InChI=1S/C41H40FN11O4/c1-24-50(2)38-32(9-6-10-33(38)53(24)34-12-14-37(55)49-41(34)56)51(3)28-21-52(22-28)20-25-11-13-35(43-16-25)48-36-15-31(26(23-54)17-44-36)47-30-8-5-7-29(39(30)57-4)40-45-18-27(42)19-46-40/h5-11,13,15-19,23,28,34H,1,12,14,20-22H2,2-4H3,(H,49,55,56)(H2,43,44,47,48). The van der Waals surface area contributed by atoms with E-state index in [2.05, 4.69) is 65.4 Å². The molecule has 1 unspecified atom stereocenters. The van der Waals surface area contributed by atoms with Crippen molar-refractivity contribution in [3.63, 3.8) is 0 Å². The van der Waals surface area contributed by atoms with Crippen molar-refractivity contribution in [2.75, 3.05) is 59.6 Å². The number of anilines is 7. The summed E-state index contributed by atoms with van der Waals surface area (Å²) in [5.74, 6) is 1.38. The first-order valence-corrected chi connectivity index (χ1v) is 18.3. The molecule has 2 amide bonds. The molecule has 8 rings (SSSR count). The average molecular weight is 770 g/mol. The van der Waals surface area contributed by atoms with Crippen LogP contribution in [-0.4, -0.2) is 89.3 Å². The quantitative estimate of drug-likeness (QED) is 0.112. The van der Waals surface area contributed by atoms with Crippen molar-refractivity contribution < 1.29 is 23.5 Å². The minimum absolute atomic E-state index is 0.244. The van der Waals surface area contributed by atoms with Crippen LogP contribution in [-0.2, 0) is 16.1 Å². The average Bonchev–Trinajstić information content (AvgIpc) is 3.45. The van der Waals surface area contributed by atoms with Crippen LogP contribution in [0.5, 0.6) is 5.75 Å². The fourth-order valence-corrected chi connectivity index (χ4v) is 7.51. The summed E-state index contributed by atoms with van der Waals surface area (Å²) in [5, 5.41) is 8.96. The third-order valence-corrected chi connectivity index (χ3v) is 10.5. The summed E-state index contributed by atoms with van der Waals surface area (Å²) < 4.78 is 19.2. The molecular formula is C41H40FN11O4. The molecule has 0 spiro atoms. The number of piperidine rings is 1. The van der Waals surface area contributed by atoms with Crippen LogP contribution in [0.2, 0.25) is 0 Å². The molecule has 3 aliphatic heterocycles. The third-order valence-electron chi connectivity index (χ3n) is 10.5. The molecule has 6 heterocycles. The number of nitrogens with one attached hydrogen (secondary N) is 3.